The van der Waals surface area contributed by atoms with Gasteiger partial charge in [-0.3, -0.25) is 14.9 Å². The van der Waals surface area contributed by atoms with Gasteiger partial charge in [-0.15, -0.1) is 0 Å². The number of ether oxygens (including phenoxy) is 1. The summed E-state index contributed by atoms with van der Waals surface area (Å²) < 4.78 is 18.2. The zero-order chi connectivity index (χ0) is 29.9. The maximum atomic E-state index is 13.6. The number of halogens is 1. The number of para-hydroxylation sites is 1. The standard InChI is InChI=1S/C35H23ClN2O5/c1-21(41-33-30(39)26-14-8-9-15-28(26)42-32(33)24-16-18-25(36)19-17-24)34(40)38-35-27(20-37)29(22-10-4-2-5-11-22)31(43-35)23-12-6-3-7-13-23/h2-19,21H,1H3,(H,38,40). The first kappa shape index (κ1) is 27.6. The van der Waals surface area contributed by atoms with Gasteiger partial charge in [-0.2, -0.15) is 5.26 Å². The molecule has 0 fully saturated rings. The van der Waals surface area contributed by atoms with Gasteiger partial charge >= 0.3 is 0 Å². The molecule has 1 unspecified atom stereocenters. The number of nitrogens with one attached hydrogen (secondary N) is 1. The molecule has 0 saturated carbocycles. The summed E-state index contributed by atoms with van der Waals surface area (Å²) in [4.78, 5) is 27.1. The molecule has 1 amide bonds. The van der Waals surface area contributed by atoms with Crippen LogP contribution in [0.5, 0.6) is 5.75 Å². The first-order valence-corrected chi connectivity index (χ1v) is 13.8. The number of hydrogen-bond acceptors (Lipinski definition) is 6. The van der Waals surface area contributed by atoms with Gasteiger partial charge in [0, 0.05) is 21.7 Å². The van der Waals surface area contributed by atoms with Gasteiger partial charge in [0.15, 0.2) is 11.9 Å². The van der Waals surface area contributed by atoms with E-state index in [1.807, 2.05) is 60.7 Å². The number of carbonyl (C=O) groups excluding carboxylic acids is 1. The van der Waals surface area contributed by atoms with Crippen molar-refractivity contribution in [1.29, 1.82) is 5.26 Å². The topological polar surface area (TPSA) is 105 Å². The van der Waals surface area contributed by atoms with Gasteiger partial charge in [0.25, 0.3) is 5.91 Å². The summed E-state index contributed by atoms with van der Waals surface area (Å²) in [5, 5.41) is 13.7. The molecule has 2 aromatic heterocycles. The minimum atomic E-state index is -1.17. The predicted molar refractivity (Wildman–Crippen MR) is 166 cm³/mol. The van der Waals surface area contributed by atoms with E-state index in [2.05, 4.69) is 11.4 Å². The number of amides is 1. The van der Waals surface area contributed by atoms with Gasteiger partial charge in [0.2, 0.25) is 17.1 Å². The highest BCUT2D eigenvalue weighted by Gasteiger charge is 2.28. The highest BCUT2D eigenvalue weighted by atomic mass is 35.5. The van der Waals surface area contributed by atoms with E-state index < -0.39 is 17.4 Å². The second kappa shape index (κ2) is 11.7. The maximum absolute atomic E-state index is 13.6. The molecule has 0 aliphatic carbocycles. The summed E-state index contributed by atoms with van der Waals surface area (Å²) in [6, 6.07) is 34.4. The van der Waals surface area contributed by atoms with E-state index in [0.29, 0.717) is 32.9 Å². The number of benzene rings is 4. The molecule has 43 heavy (non-hydrogen) atoms. The van der Waals surface area contributed by atoms with Crippen LogP contribution in [0.1, 0.15) is 12.5 Å². The molecular weight excluding hydrogens is 564 g/mol. The van der Waals surface area contributed by atoms with E-state index in [0.717, 1.165) is 11.1 Å². The zero-order valence-electron chi connectivity index (χ0n) is 22.8. The van der Waals surface area contributed by atoms with Gasteiger partial charge < -0.3 is 13.6 Å². The lowest BCUT2D eigenvalue weighted by Crippen LogP contribution is -2.32. The van der Waals surface area contributed by atoms with Crippen LogP contribution in [-0.2, 0) is 4.79 Å². The van der Waals surface area contributed by atoms with Crippen molar-refractivity contribution in [2.75, 3.05) is 5.32 Å². The maximum Gasteiger partial charge on any atom is 0.267 e. The zero-order valence-corrected chi connectivity index (χ0v) is 23.6. The van der Waals surface area contributed by atoms with E-state index in [1.165, 1.54) is 6.92 Å². The Morgan fingerprint density at radius 3 is 2.09 bits per heavy atom. The second-order valence-corrected chi connectivity index (χ2v) is 10.1. The van der Waals surface area contributed by atoms with Gasteiger partial charge in [0.05, 0.1) is 5.39 Å². The largest absolute Gasteiger partial charge is 0.473 e. The molecule has 0 radical (unpaired) electrons. The van der Waals surface area contributed by atoms with Crippen molar-refractivity contribution in [2.24, 2.45) is 0 Å². The van der Waals surface area contributed by atoms with Gasteiger partial charge in [-0.1, -0.05) is 84.4 Å². The van der Waals surface area contributed by atoms with Crippen LogP contribution in [0.25, 0.3) is 44.7 Å². The monoisotopic (exact) mass is 586 g/mol. The summed E-state index contributed by atoms with van der Waals surface area (Å²) in [5.74, 6) is -0.178. The molecule has 6 rings (SSSR count). The van der Waals surface area contributed by atoms with E-state index in [1.54, 1.807) is 48.5 Å². The molecule has 2 heterocycles. The van der Waals surface area contributed by atoms with Crippen LogP contribution in [0.15, 0.2) is 123 Å². The SMILES string of the molecule is CC(Oc1c(-c2ccc(Cl)cc2)oc2ccccc2c1=O)C(=O)Nc1oc(-c2ccccc2)c(-c2ccccc2)c1C#N. The summed E-state index contributed by atoms with van der Waals surface area (Å²) in [7, 11) is 0. The Hall–Kier alpha value is -5.58. The average molecular weight is 587 g/mol. The molecule has 1 N–H and O–H groups in total. The highest BCUT2D eigenvalue weighted by molar-refractivity contribution is 6.30. The third kappa shape index (κ3) is 5.40. The Labute approximate surface area is 251 Å². The van der Waals surface area contributed by atoms with E-state index in [-0.39, 0.29) is 23.0 Å². The summed E-state index contributed by atoms with van der Waals surface area (Å²) in [6.07, 6.45) is -1.17. The summed E-state index contributed by atoms with van der Waals surface area (Å²) >= 11 is 6.08. The summed E-state index contributed by atoms with van der Waals surface area (Å²) in [5.41, 5.74) is 2.71. The number of anilines is 1. The average Bonchev–Trinajstić information content (AvgIpc) is 3.41. The van der Waals surface area contributed by atoms with Gasteiger partial charge in [-0.25, -0.2) is 0 Å². The first-order chi connectivity index (χ1) is 20.9. The fraction of sp³-hybridized carbons (Fsp3) is 0.0571. The van der Waals surface area contributed by atoms with Gasteiger partial charge in [0.1, 0.15) is 23.0 Å². The lowest BCUT2D eigenvalue weighted by atomic mass is 9.98. The molecular formula is C35H23ClN2O5. The summed E-state index contributed by atoms with van der Waals surface area (Å²) in [6.45, 7) is 1.50. The molecule has 4 aromatic carbocycles. The van der Waals surface area contributed by atoms with Crippen LogP contribution in [0.2, 0.25) is 5.02 Å². The number of nitriles is 1. The third-order valence-electron chi connectivity index (χ3n) is 6.88. The number of carbonyl (C=O) groups is 1. The first-order valence-electron chi connectivity index (χ1n) is 13.4. The smallest absolute Gasteiger partial charge is 0.267 e. The number of furan rings is 1. The molecule has 0 aliphatic rings. The highest BCUT2D eigenvalue weighted by Crippen LogP contribution is 2.41. The van der Waals surface area contributed by atoms with Crippen LogP contribution >= 0.6 is 11.6 Å². The Bertz CT molecular complexity index is 2040. The van der Waals surface area contributed by atoms with Crippen molar-refractivity contribution >= 4 is 34.4 Å². The Morgan fingerprint density at radius 2 is 1.42 bits per heavy atom. The number of fused-ring (bicyclic) bond motifs is 1. The molecule has 0 saturated heterocycles. The van der Waals surface area contributed by atoms with Crippen LogP contribution in [0.3, 0.4) is 0 Å². The second-order valence-electron chi connectivity index (χ2n) is 9.70. The van der Waals surface area contributed by atoms with E-state index in [4.69, 9.17) is 25.2 Å². The minimum absolute atomic E-state index is 0.0240. The van der Waals surface area contributed by atoms with Crippen LogP contribution in [0.4, 0.5) is 5.88 Å². The van der Waals surface area contributed by atoms with Crippen molar-refractivity contribution in [2.45, 2.75) is 13.0 Å². The van der Waals surface area contributed by atoms with E-state index in [9.17, 15) is 14.9 Å². The van der Waals surface area contributed by atoms with Crippen molar-refractivity contribution in [3.05, 3.63) is 130 Å². The minimum Gasteiger partial charge on any atom is -0.473 e. The van der Waals surface area contributed by atoms with Crippen molar-refractivity contribution in [3.63, 3.8) is 0 Å². The number of hydrogen-bond donors (Lipinski definition) is 1. The lowest BCUT2D eigenvalue weighted by Gasteiger charge is -2.16. The molecule has 1 atom stereocenters. The number of rotatable bonds is 7. The van der Waals surface area contributed by atoms with Crippen molar-refractivity contribution < 1.29 is 18.4 Å². The fourth-order valence-electron chi connectivity index (χ4n) is 4.77. The molecule has 8 heteroatoms. The quantitative estimate of drug-likeness (QED) is 0.202. The Balaban J connectivity index is 1.38. The Morgan fingerprint density at radius 1 is 0.814 bits per heavy atom. The molecule has 210 valence electrons. The molecule has 0 aliphatic heterocycles. The van der Waals surface area contributed by atoms with Crippen molar-refractivity contribution in [1.82, 2.24) is 0 Å². The van der Waals surface area contributed by atoms with Crippen molar-refractivity contribution in [3.8, 4) is 45.6 Å². The molecule has 0 spiro atoms. The van der Waals surface area contributed by atoms with Crippen LogP contribution < -0.4 is 15.5 Å². The predicted octanol–water partition coefficient (Wildman–Crippen LogP) is 8.32. The fourth-order valence-corrected chi connectivity index (χ4v) is 4.89. The van der Waals surface area contributed by atoms with Crippen LogP contribution in [0, 0.1) is 11.3 Å². The van der Waals surface area contributed by atoms with E-state index >= 15 is 0 Å². The molecule has 6 aromatic rings. The molecule has 7 nitrogen and oxygen atoms in total. The Kier molecular flexibility index (Phi) is 7.52. The molecule has 0 bridgehead atoms. The third-order valence-corrected chi connectivity index (χ3v) is 7.13. The normalized spacial score (nSPS) is 11.6. The van der Waals surface area contributed by atoms with Gasteiger partial charge in [-0.05, 0) is 48.9 Å². The van der Waals surface area contributed by atoms with Crippen LogP contribution in [-0.4, -0.2) is 12.0 Å². The number of nitrogens with zero attached hydrogens (tertiary/aromatic N) is 1. The lowest BCUT2D eigenvalue weighted by molar-refractivity contribution is -0.122.